The zero-order valence-electron chi connectivity index (χ0n) is 19.2. The Labute approximate surface area is 198 Å². The fourth-order valence-corrected chi connectivity index (χ4v) is 5.75. The number of hydrogen-bond acceptors (Lipinski definition) is 8. The second kappa shape index (κ2) is 8.50. The maximum Gasteiger partial charge on any atom is 0.244 e. The van der Waals surface area contributed by atoms with Crippen LogP contribution in [0.5, 0.6) is 0 Å². The van der Waals surface area contributed by atoms with Crippen LogP contribution in [0.4, 0.5) is 23.3 Å². The van der Waals surface area contributed by atoms with Crippen LogP contribution in [-0.2, 0) is 16.0 Å². The second-order valence-corrected chi connectivity index (χ2v) is 9.68. The molecule has 6 rings (SSSR count). The van der Waals surface area contributed by atoms with Crippen molar-refractivity contribution in [2.24, 2.45) is 5.41 Å². The van der Waals surface area contributed by atoms with Gasteiger partial charge in [0.25, 0.3) is 0 Å². The molecule has 2 aromatic rings. The van der Waals surface area contributed by atoms with E-state index < -0.39 is 5.41 Å². The summed E-state index contributed by atoms with van der Waals surface area (Å²) in [6, 6.07) is 4.06. The van der Waals surface area contributed by atoms with Gasteiger partial charge >= 0.3 is 0 Å². The Bertz CT molecular complexity index is 1090. The molecule has 1 saturated carbocycles. The van der Waals surface area contributed by atoms with Crippen LogP contribution in [0.15, 0.2) is 24.5 Å². The Morgan fingerprint density at radius 3 is 2.56 bits per heavy atom. The monoisotopic (exact) mass is 462 g/mol. The normalized spacial score (nSPS) is 25.1. The Balaban J connectivity index is 1.28. The van der Waals surface area contributed by atoms with Crippen molar-refractivity contribution in [3.05, 3.63) is 30.1 Å². The number of anilines is 4. The highest BCUT2D eigenvalue weighted by molar-refractivity contribution is 6.14. The number of piperazine rings is 1. The van der Waals surface area contributed by atoms with Crippen LogP contribution in [0.1, 0.15) is 37.7 Å². The van der Waals surface area contributed by atoms with E-state index in [1.54, 1.807) is 6.20 Å². The van der Waals surface area contributed by atoms with Gasteiger partial charge in [-0.05, 0) is 31.4 Å². The van der Waals surface area contributed by atoms with Crippen LogP contribution in [0.3, 0.4) is 0 Å². The zero-order chi connectivity index (χ0) is 23.1. The van der Waals surface area contributed by atoms with Gasteiger partial charge in [-0.1, -0.05) is 12.8 Å². The molecule has 2 aromatic heterocycles. The standard InChI is InChI=1S/C24H30N8O2/c33-21-24(7-8-26-21)13-16-14-28-23(30-20(16)32(22(24)34)17-3-1-2-4-17)29-19-6-5-18(15-27-19)31-11-9-25-10-12-31/h5-6,14-15,17,25H,1-4,7-13H2,(H,26,33)(H,27,28,29,30)/t24-/m0/s1. The molecule has 1 atom stereocenters. The van der Waals surface area contributed by atoms with Crippen LogP contribution in [0.25, 0.3) is 0 Å². The summed E-state index contributed by atoms with van der Waals surface area (Å²) in [5.74, 6) is 1.42. The average molecular weight is 463 g/mol. The molecular formula is C24H30N8O2. The van der Waals surface area contributed by atoms with Crippen molar-refractivity contribution in [1.29, 1.82) is 0 Å². The van der Waals surface area contributed by atoms with Gasteiger partial charge in [-0.3, -0.25) is 14.5 Å². The van der Waals surface area contributed by atoms with Gasteiger partial charge in [0.2, 0.25) is 17.8 Å². The first kappa shape index (κ1) is 21.3. The number of rotatable bonds is 4. The highest BCUT2D eigenvalue weighted by Gasteiger charge is 2.56. The van der Waals surface area contributed by atoms with Gasteiger partial charge in [0.15, 0.2) is 0 Å². The molecule has 3 fully saturated rings. The van der Waals surface area contributed by atoms with Crippen LogP contribution < -0.4 is 25.8 Å². The molecule has 2 amide bonds. The van der Waals surface area contributed by atoms with Crippen molar-refractivity contribution in [1.82, 2.24) is 25.6 Å². The Kier molecular flexibility index (Phi) is 5.32. The Morgan fingerprint density at radius 1 is 1.03 bits per heavy atom. The molecule has 4 aliphatic rings. The molecule has 10 heteroatoms. The van der Waals surface area contributed by atoms with Crippen LogP contribution >= 0.6 is 0 Å². The predicted octanol–water partition coefficient (Wildman–Crippen LogP) is 1.36. The predicted molar refractivity (Wildman–Crippen MR) is 128 cm³/mol. The van der Waals surface area contributed by atoms with Crippen molar-refractivity contribution in [2.75, 3.05) is 47.8 Å². The van der Waals surface area contributed by atoms with Crippen molar-refractivity contribution < 1.29 is 9.59 Å². The second-order valence-electron chi connectivity index (χ2n) is 9.68. The summed E-state index contributed by atoms with van der Waals surface area (Å²) in [4.78, 5) is 44.4. The van der Waals surface area contributed by atoms with Gasteiger partial charge in [0.05, 0.1) is 11.9 Å². The van der Waals surface area contributed by atoms with E-state index in [0.29, 0.717) is 37.0 Å². The van der Waals surface area contributed by atoms with Gasteiger partial charge in [-0.2, -0.15) is 4.98 Å². The van der Waals surface area contributed by atoms with Crippen molar-refractivity contribution in [2.45, 2.75) is 44.6 Å². The molecule has 0 bridgehead atoms. The third-order valence-corrected chi connectivity index (χ3v) is 7.62. The molecule has 0 aromatic carbocycles. The van der Waals surface area contributed by atoms with Gasteiger partial charge in [-0.25, -0.2) is 9.97 Å². The minimum atomic E-state index is -1.02. The fourth-order valence-electron chi connectivity index (χ4n) is 5.75. The number of carbonyl (C=O) groups is 2. The summed E-state index contributed by atoms with van der Waals surface area (Å²) in [6.45, 7) is 4.42. The maximum atomic E-state index is 13.7. The summed E-state index contributed by atoms with van der Waals surface area (Å²) in [7, 11) is 0. The van der Waals surface area contributed by atoms with Crippen LogP contribution in [-0.4, -0.2) is 65.5 Å². The Hall–Kier alpha value is -3.27. The number of hydrogen-bond donors (Lipinski definition) is 3. The number of carbonyl (C=O) groups excluding carboxylic acids is 2. The molecule has 3 aliphatic heterocycles. The molecular weight excluding hydrogens is 432 g/mol. The first-order valence-corrected chi connectivity index (χ1v) is 12.3. The van der Waals surface area contributed by atoms with E-state index >= 15 is 0 Å². The number of aromatic nitrogens is 3. The fraction of sp³-hybridized carbons (Fsp3) is 0.542. The number of nitrogens with one attached hydrogen (secondary N) is 3. The molecule has 34 heavy (non-hydrogen) atoms. The summed E-state index contributed by atoms with van der Waals surface area (Å²) < 4.78 is 0. The molecule has 10 nitrogen and oxygen atoms in total. The van der Waals surface area contributed by atoms with Crippen molar-refractivity contribution in [3.63, 3.8) is 0 Å². The third kappa shape index (κ3) is 3.56. The van der Waals surface area contributed by atoms with Crippen molar-refractivity contribution in [3.8, 4) is 0 Å². The first-order chi connectivity index (χ1) is 16.6. The highest BCUT2D eigenvalue weighted by Crippen LogP contribution is 2.44. The van der Waals surface area contributed by atoms with Gasteiger partial charge in [0.1, 0.15) is 17.1 Å². The molecule has 1 aliphatic carbocycles. The maximum absolute atomic E-state index is 13.7. The van der Waals surface area contributed by atoms with Crippen LogP contribution in [0.2, 0.25) is 0 Å². The smallest absolute Gasteiger partial charge is 0.244 e. The average Bonchev–Trinajstić information content (AvgIpc) is 3.52. The lowest BCUT2D eigenvalue weighted by Crippen LogP contribution is -2.56. The zero-order valence-corrected chi connectivity index (χ0v) is 19.2. The van der Waals surface area contributed by atoms with E-state index in [1.807, 2.05) is 17.2 Å². The Morgan fingerprint density at radius 2 is 1.85 bits per heavy atom. The lowest BCUT2D eigenvalue weighted by Gasteiger charge is -2.40. The topological polar surface area (TPSA) is 115 Å². The molecule has 3 N–H and O–H groups in total. The number of amides is 2. The summed E-state index contributed by atoms with van der Waals surface area (Å²) in [5.41, 5.74) is 0.933. The third-order valence-electron chi connectivity index (χ3n) is 7.62. The largest absolute Gasteiger partial charge is 0.368 e. The van der Waals surface area contributed by atoms with Crippen LogP contribution in [0, 0.1) is 5.41 Å². The molecule has 2 saturated heterocycles. The minimum Gasteiger partial charge on any atom is -0.368 e. The summed E-state index contributed by atoms with van der Waals surface area (Å²) in [6.07, 6.45) is 8.55. The van der Waals surface area contributed by atoms with E-state index in [9.17, 15) is 9.59 Å². The minimum absolute atomic E-state index is 0.0796. The lowest BCUT2D eigenvalue weighted by molar-refractivity contribution is -0.140. The number of fused-ring (bicyclic) bond motifs is 1. The van der Waals surface area contributed by atoms with Gasteiger partial charge in [0, 0.05) is 56.9 Å². The van der Waals surface area contributed by atoms with E-state index in [2.05, 4.69) is 36.9 Å². The van der Waals surface area contributed by atoms with E-state index in [-0.39, 0.29) is 17.9 Å². The van der Waals surface area contributed by atoms with E-state index in [4.69, 9.17) is 4.98 Å². The molecule has 0 unspecified atom stereocenters. The van der Waals surface area contributed by atoms with E-state index in [1.165, 1.54) is 0 Å². The molecule has 0 radical (unpaired) electrons. The number of nitrogens with zero attached hydrogens (tertiary/aromatic N) is 5. The molecule has 178 valence electrons. The number of pyridine rings is 1. The van der Waals surface area contributed by atoms with Gasteiger partial charge in [-0.15, -0.1) is 0 Å². The summed E-state index contributed by atoms with van der Waals surface area (Å²) in [5, 5.41) is 9.43. The SMILES string of the molecule is O=C1NCC[C@]12Cc1cnc(Nc3ccc(N4CCNCC4)cn3)nc1N(C1CCCC1)C2=O. The molecule has 1 spiro atoms. The molecule has 5 heterocycles. The summed E-state index contributed by atoms with van der Waals surface area (Å²) >= 11 is 0. The van der Waals surface area contributed by atoms with Crippen molar-refractivity contribution >= 4 is 35.1 Å². The highest BCUT2D eigenvalue weighted by atomic mass is 16.2. The quantitative estimate of drug-likeness (QED) is 0.584. The first-order valence-electron chi connectivity index (χ1n) is 12.3. The van der Waals surface area contributed by atoms with Gasteiger partial charge < -0.3 is 20.9 Å². The van der Waals surface area contributed by atoms with E-state index in [0.717, 1.165) is 63.1 Å². The lowest BCUT2D eigenvalue weighted by atomic mass is 9.76.